The first-order chi connectivity index (χ1) is 9.65. The van der Waals surface area contributed by atoms with Crippen molar-refractivity contribution < 1.29 is 0 Å². The highest BCUT2D eigenvalue weighted by Gasteiger charge is 2.26. The standard InChI is InChI=1S/C17H28N2S/c1-13(2)14-8-10-19(11-9-14)17(12-18)15-4-6-16(20-3)7-5-15/h4-7,13-14,17H,8-12,18H2,1-3H3. The summed E-state index contributed by atoms with van der Waals surface area (Å²) in [7, 11) is 0. The fourth-order valence-corrected chi connectivity index (χ4v) is 3.63. The van der Waals surface area contributed by atoms with Crippen LogP contribution >= 0.6 is 11.8 Å². The Morgan fingerprint density at radius 3 is 2.25 bits per heavy atom. The van der Waals surface area contributed by atoms with Gasteiger partial charge in [-0.3, -0.25) is 4.90 Å². The molecule has 0 radical (unpaired) electrons. The molecule has 3 heteroatoms. The maximum atomic E-state index is 6.05. The van der Waals surface area contributed by atoms with Crippen molar-refractivity contribution in [3.8, 4) is 0 Å². The number of nitrogens with zero attached hydrogens (tertiary/aromatic N) is 1. The molecule has 112 valence electrons. The number of hydrogen-bond acceptors (Lipinski definition) is 3. The Labute approximate surface area is 128 Å². The molecule has 0 spiro atoms. The van der Waals surface area contributed by atoms with Crippen molar-refractivity contribution in [1.82, 2.24) is 4.90 Å². The topological polar surface area (TPSA) is 29.3 Å². The first-order valence-corrected chi connectivity index (χ1v) is 8.96. The van der Waals surface area contributed by atoms with Crippen LogP contribution in [-0.2, 0) is 0 Å². The molecule has 1 unspecified atom stereocenters. The largest absolute Gasteiger partial charge is 0.329 e. The fourth-order valence-electron chi connectivity index (χ4n) is 3.22. The monoisotopic (exact) mass is 292 g/mol. The molecule has 0 aliphatic carbocycles. The first-order valence-electron chi connectivity index (χ1n) is 7.73. The van der Waals surface area contributed by atoms with Crippen LogP contribution in [0, 0.1) is 11.8 Å². The van der Waals surface area contributed by atoms with E-state index in [2.05, 4.69) is 49.3 Å². The third-order valence-electron chi connectivity index (χ3n) is 4.68. The van der Waals surface area contributed by atoms with E-state index in [-0.39, 0.29) is 0 Å². The Bertz CT molecular complexity index is 394. The van der Waals surface area contributed by atoms with Gasteiger partial charge in [-0.1, -0.05) is 26.0 Å². The highest BCUT2D eigenvalue weighted by Crippen LogP contribution is 2.30. The molecule has 2 N–H and O–H groups in total. The molecule has 2 rings (SSSR count). The van der Waals surface area contributed by atoms with Gasteiger partial charge in [-0.05, 0) is 61.7 Å². The SMILES string of the molecule is CSc1ccc(C(CN)N2CCC(C(C)C)CC2)cc1. The molecule has 0 saturated carbocycles. The summed E-state index contributed by atoms with van der Waals surface area (Å²) in [6.07, 6.45) is 4.75. The average Bonchev–Trinajstić information content (AvgIpc) is 2.49. The van der Waals surface area contributed by atoms with Crippen molar-refractivity contribution in [1.29, 1.82) is 0 Å². The molecule has 1 heterocycles. The van der Waals surface area contributed by atoms with Crippen LogP contribution in [0.2, 0.25) is 0 Å². The zero-order chi connectivity index (χ0) is 14.5. The number of benzene rings is 1. The second-order valence-electron chi connectivity index (χ2n) is 6.14. The van der Waals surface area contributed by atoms with Gasteiger partial charge in [0, 0.05) is 17.5 Å². The summed E-state index contributed by atoms with van der Waals surface area (Å²) in [4.78, 5) is 3.90. The Balaban J connectivity index is 2.01. The van der Waals surface area contributed by atoms with E-state index in [0.717, 1.165) is 11.8 Å². The van der Waals surface area contributed by atoms with Gasteiger partial charge in [-0.2, -0.15) is 0 Å². The molecule has 1 aromatic carbocycles. The van der Waals surface area contributed by atoms with E-state index in [1.807, 2.05) is 0 Å². The highest BCUT2D eigenvalue weighted by atomic mass is 32.2. The van der Waals surface area contributed by atoms with Crippen molar-refractivity contribution in [2.24, 2.45) is 17.6 Å². The van der Waals surface area contributed by atoms with Gasteiger partial charge in [0.2, 0.25) is 0 Å². The van der Waals surface area contributed by atoms with Crippen molar-refractivity contribution in [2.45, 2.75) is 37.6 Å². The molecule has 20 heavy (non-hydrogen) atoms. The lowest BCUT2D eigenvalue weighted by Crippen LogP contribution is -2.40. The second kappa shape index (κ2) is 7.48. The molecular formula is C17H28N2S. The lowest BCUT2D eigenvalue weighted by Gasteiger charge is -2.38. The van der Waals surface area contributed by atoms with Gasteiger partial charge in [0.15, 0.2) is 0 Å². The first kappa shape index (κ1) is 15.9. The van der Waals surface area contributed by atoms with Crippen LogP contribution in [0.5, 0.6) is 0 Å². The van der Waals surface area contributed by atoms with E-state index >= 15 is 0 Å². The fraction of sp³-hybridized carbons (Fsp3) is 0.647. The third-order valence-corrected chi connectivity index (χ3v) is 5.43. The Kier molecular flexibility index (Phi) is 5.94. The predicted octanol–water partition coefficient (Wildman–Crippen LogP) is 3.78. The minimum Gasteiger partial charge on any atom is -0.329 e. The van der Waals surface area contributed by atoms with E-state index in [1.165, 1.54) is 36.4 Å². The summed E-state index contributed by atoms with van der Waals surface area (Å²) in [5.41, 5.74) is 7.42. The van der Waals surface area contributed by atoms with Gasteiger partial charge in [0.1, 0.15) is 0 Å². The molecule has 0 aromatic heterocycles. The zero-order valence-corrected chi connectivity index (χ0v) is 13.8. The van der Waals surface area contributed by atoms with Crippen LogP contribution in [-0.4, -0.2) is 30.8 Å². The van der Waals surface area contributed by atoms with Crippen LogP contribution in [0.3, 0.4) is 0 Å². The van der Waals surface area contributed by atoms with Gasteiger partial charge in [-0.25, -0.2) is 0 Å². The minimum absolute atomic E-state index is 0.388. The van der Waals surface area contributed by atoms with Gasteiger partial charge in [-0.15, -0.1) is 11.8 Å². The smallest absolute Gasteiger partial charge is 0.0470 e. The number of likely N-dealkylation sites (tertiary alicyclic amines) is 1. The summed E-state index contributed by atoms with van der Waals surface area (Å²) < 4.78 is 0. The summed E-state index contributed by atoms with van der Waals surface area (Å²) in [6.45, 7) is 7.79. The lowest BCUT2D eigenvalue weighted by atomic mass is 9.86. The van der Waals surface area contributed by atoms with E-state index in [9.17, 15) is 0 Å². The number of nitrogens with two attached hydrogens (primary N) is 1. The predicted molar refractivity (Wildman–Crippen MR) is 89.2 cm³/mol. The van der Waals surface area contributed by atoms with Crippen molar-refractivity contribution in [3.05, 3.63) is 29.8 Å². The second-order valence-corrected chi connectivity index (χ2v) is 7.02. The van der Waals surface area contributed by atoms with Crippen molar-refractivity contribution in [2.75, 3.05) is 25.9 Å². The molecule has 1 aliphatic heterocycles. The third kappa shape index (κ3) is 3.78. The van der Waals surface area contributed by atoms with Crippen LogP contribution in [0.1, 0.15) is 38.3 Å². The summed E-state index contributed by atoms with van der Waals surface area (Å²) in [6, 6.07) is 9.31. The van der Waals surface area contributed by atoms with Crippen LogP contribution < -0.4 is 5.73 Å². The van der Waals surface area contributed by atoms with Gasteiger partial charge in [0.05, 0.1) is 0 Å². The van der Waals surface area contributed by atoms with Gasteiger partial charge < -0.3 is 5.73 Å². The molecule has 2 nitrogen and oxygen atoms in total. The number of rotatable bonds is 5. The van der Waals surface area contributed by atoms with E-state index in [0.29, 0.717) is 12.6 Å². The van der Waals surface area contributed by atoms with E-state index in [4.69, 9.17) is 5.73 Å². The van der Waals surface area contributed by atoms with E-state index < -0.39 is 0 Å². The highest BCUT2D eigenvalue weighted by molar-refractivity contribution is 7.98. The van der Waals surface area contributed by atoms with Crippen molar-refractivity contribution in [3.63, 3.8) is 0 Å². The molecule has 1 saturated heterocycles. The molecule has 1 fully saturated rings. The minimum atomic E-state index is 0.388. The van der Waals surface area contributed by atoms with Crippen LogP contribution in [0.25, 0.3) is 0 Å². The number of piperidine rings is 1. The Hall–Kier alpha value is -0.510. The summed E-state index contributed by atoms with van der Waals surface area (Å²) in [5.74, 6) is 1.71. The molecule has 0 amide bonds. The molecule has 1 aromatic rings. The maximum Gasteiger partial charge on any atom is 0.0470 e. The van der Waals surface area contributed by atoms with Gasteiger partial charge >= 0.3 is 0 Å². The molecular weight excluding hydrogens is 264 g/mol. The lowest BCUT2D eigenvalue weighted by molar-refractivity contribution is 0.117. The quantitative estimate of drug-likeness (QED) is 0.838. The van der Waals surface area contributed by atoms with Gasteiger partial charge in [0.25, 0.3) is 0 Å². The maximum absolute atomic E-state index is 6.05. The Morgan fingerprint density at radius 2 is 1.80 bits per heavy atom. The molecule has 1 atom stereocenters. The normalized spacial score (nSPS) is 19.4. The van der Waals surface area contributed by atoms with Crippen LogP contribution in [0.15, 0.2) is 29.2 Å². The van der Waals surface area contributed by atoms with E-state index in [1.54, 1.807) is 11.8 Å². The van der Waals surface area contributed by atoms with Crippen LogP contribution in [0.4, 0.5) is 0 Å². The molecule has 0 bridgehead atoms. The summed E-state index contributed by atoms with van der Waals surface area (Å²) in [5, 5.41) is 0. The summed E-state index contributed by atoms with van der Waals surface area (Å²) >= 11 is 1.79. The van der Waals surface area contributed by atoms with Crippen molar-refractivity contribution >= 4 is 11.8 Å². The molecule has 1 aliphatic rings. The number of hydrogen-bond donors (Lipinski definition) is 1. The average molecular weight is 292 g/mol. The zero-order valence-electron chi connectivity index (χ0n) is 13.0. The number of thioether (sulfide) groups is 1. The Morgan fingerprint density at radius 1 is 1.20 bits per heavy atom.